The van der Waals surface area contributed by atoms with Crippen LogP contribution in [0.3, 0.4) is 0 Å². The number of pyridine rings is 1. The molecule has 0 bridgehead atoms. The molecule has 26 heavy (non-hydrogen) atoms. The molecule has 0 unspecified atom stereocenters. The molecule has 2 atom stereocenters. The molecule has 2 aliphatic rings. The van der Waals surface area contributed by atoms with Crippen LogP contribution >= 0.6 is 11.6 Å². The maximum Gasteiger partial charge on any atom is 0.272 e. The van der Waals surface area contributed by atoms with Crippen LogP contribution in [0.2, 0.25) is 5.02 Å². The second-order valence-corrected chi connectivity index (χ2v) is 7.04. The molecule has 2 aromatic heterocycles. The van der Waals surface area contributed by atoms with Crippen molar-refractivity contribution in [3.05, 3.63) is 52.9 Å². The Balaban J connectivity index is 1.44. The molecular formula is C18H16ClN5O2. The monoisotopic (exact) mass is 369 g/mol. The van der Waals surface area contributed by atoms with E-state index in [0.29, 0.717) is 35.9 Å². The number of carbonyl (C=O) groups excluding carboxylic acids is 1. The Kier molecular flexibility index (Phi) is 3.65. The van der Waals surface area contributed by atoms with Gasteiger partial charge >= 0.3 is 0 Å². The molecule has 1 amide bonds. The second-order valence-electron chi connectivity index (χ2n) is 6.63. The number of likely N-dealkylation sites (tertiary alicyclic amines) is 1. The number of halogens is 1. The van der Waals surface area contributed by atoms with E-state index in [1.54, 1.807) is 18.3 Å². The van der Waals surface area contributed by atoms with Gasteiger partial charge in [0.25, 0.3) is 5.91 Å². The van der Waals surface area contributed by atoms with Gasteiger partial charge in [0.05, 0.1) is 41.2 Å². The average Bonchev–Trinajstić information content (AvgIpc) is 3.16. The molecule has 4 heterocycles. The molecule has 0 spiro atoms. The summed E-state index contributed by atoms with van der Waals surface area (Å²) in [5, 5.41) is 9.61. The van der Waals surface area contributed by atoms with Crippen molar-refractivity contribution >= 4 is 28.4 Å². The Morgan fingerprint density at radius 3 is 3.12 bits per heavy atom. The van der Waals surface area contributed by atoms with Gasteiger partial charge in [0.2, 0.25) is 0 Å². The quantitative estimate of drug-likeness (QED) is 0.658. The number of para-hydroxylation sites is 1. The van der Waals surface area contributed by atoms with Crippen molar-refractivity contribution in [2.45, 2.75) is 25.2 Å². The van der Waals surface area contributed by atoms with Crippen LogP contribution in [0.25, 0.3) is 10.9 Å². The minimum atomic E-state index is -0.0995. The van der Waals surface area contributed by atoms with Crippen LogP contribution in [-0.2, 0) is 11.3 Å². The fourth-order valence-corrected chi connectivity index (χ4v) is 3.98. The lowest BCUT2D eigenvalue weighted by Gasteiger charge is -2.40. The van der Waals surface area contributed by atoms with E-state index >= 15 is 0 Å². The van der Waals surface area contributed by atoms with Gasteiger partial charge in [-0.3, -0.25) is 4.79 Å². The maximum atomic E-state index is 13.0. The summed E-state index contributed by atoms with van der Waals surface area (Å²) >= 11 is 6.23. The van der Waals surface area contributed by atoms with Crippen molar-refractivity contribution in [3.8, 4) is 0 Å². The van der Waals surface area contributed by atoms with Crippen molar-refractivity contribution < 1.29 is 9.53 Å². The highest BCUT2D eigenvalue weighted by Gasteiger charge is 2.38. The third kappa shape index (κ3) is 2.47. The Morgan fingerprint density at radius 2 is 2.19 bits per heavy atom. The number of nitrogens with zero attached hydrogens (tertiary/aromatic N) is 5. The lowest BCUT2D eigenvalue weighted by atomic mass is 10.00. The zero-order valence-electron chi connectivity index (χ0n) is 13.9. The number of amides is 1. The number of ether oxygens (including phenoxy) is 1. The molecule has 3 aromatic rings. The van der Waals surface area contributed by atoms with Crippen LogP contribution in [-0.4, -0.2) is 50.0 Å². The van der Waals surface area contributed by atoms with E-state index in [4.69, 9.17) is 16.3 Å². The number of rotatable bonds is 1. The first-order valence-corrected chi connectivity index (χ1v) is 8.94. The number of fused-ring (bicyclic) bond motifs is 4. The summed E-state index contributed by atoms with van der Waals surface area (Å²) in [5.74, 6) is -0.0995. The van der Waals surface area contributed by atoms with E-state index in [1.165, 1.54) is 0 Å². The van der Waals surface area contributed by atoms with Gasteiger partial charge in [-0.05, 0) is 18.6 Å². The third-order valence-corrected chi connectivity index (χ3v) is 5.41. The van der Waals surface area contributed by atoms with Crippen molar-refractivity contribution in [1.82, 2.24) is 24.9 Å². The maximum absolute atomic E-state index is 13.0. The summed E-state index contributed by atoms with van der Waals surface area (Å²) in [6.07, 6.45) is 2.54. The van der Waals surface area contributed by atoms with Gasteiger partial charge in [0.15, 0.2) is 0 Å². The lowest BCUT2D eigenvalue weighted by molar-refractivity contribution is -0.0605. The summed E-state index contributed by atoms with van der Waals surface area (Å²) in [4.78, 5) is 19.3. The van der Waals surface area contributed by atoms with Crippen LogP contribution in [0.1, 0.15) is 28.6 Å². The minimum Gasteiger partial charge on any atom is -0.370 e. The smallest absolute Gasteiger partial charge is 0.272 e. The lowest BCUT2D eigenvalue weighted by Crippen LogP contribution is -2.50. The van der Waals surface area contributed by atoms with Crippen molar-refractivity contribution in [1.29, 1.82) is 0 Å². The van der Waals surface area contributed by atoms with Gasteiger partial charge in [-0.2, -0.15) is 0 Å². The highest BCUT2D eigenvalue weighted by Crippen LogP contribution is 2.31. The number of hydrogen-bond acceptors (Lipinski definition) is 5. The van der Waals surface area contributed by atoms with Gasteiger partial charge in [-0.1, -0.05) is 35.0 Å². The molecule has 1 aromatic carbocycles. The topological polar surface area (TPSA) is 73.1 Å². The zero-order chi connectivity index (χ0) is 17.7. The SMILES string of the molecule is O=C(c1ccc2cccc(Cl)c2n1)N1CC[C@@H]2OCc3cnnn3[C@H]2C1. The first-order chi connectivity index (χ1) is 12.7. The molecule has 8 heteroatoms. The summed E-state index contributed by atoms with van der Waals surface area (Å²) in [5.41, 5.74) is 1.99. The number of piperidine rings is 1. The van der Waals surface area contributed by atoms with Crippen LogP contribution in [0.15, 0.2) is 36.5 Å². The van der Waals surface area contributed by atoms with E-state index < -0.39 is 0 Å². The predicted molar refractivity (Wildman–Crippen MR) is 94.9 cm³/mol. The number of carbonyl (C=O) groups is 1. The van der Waals surface area contributed by atoms with E-state index in [9.17, 15) is 4.79 Å². The van der Waals surface area contributed by atoms with Gasteiger partial charge in [0.1, 0.15) is 5.69 Å². The second kappa shape index (κ2) is 6.03. The zero-order valence-corrected chi connectivity index (χ0v) is 14.6. The van der Waals surface area contributed by atoms with Gasteiger partial charge in [0, 0.05) is 18.5 Å². The van der Waals surface area contributed by atoms with Crippen molar-refractivity contribution in [2.75, 3.05) is 13.1 Å². The molecule has 7 nitrogen and oxygen atoms in total. The fourth-order valence-electron chi connectivity index (χ4n) is 3.76. The van der Waals surface area contributed by atoms with Crippen LogP contribution < -0.4 is 0 Å². The first-order valence-electron chi connectivity index (χ1n) is 8.56. The Morgan fingerprint density at radius 1 is 1.27 bits per heavy atom. The summed E-state index contributed by atoms with van der Waals surface area (Å²) in [7, 11) is 0. The number of hydrogen-bond donors (Lipinski definition) is 0. The fraction of sp³-hybridized carbons (Fsp3) is 0.333. The van der Waals surface area contributed by atoms with Crippen molar-refractivity contribution in [2.24, 2.45) is 0 Å². The summed E-state index contributed by atoms with van der Waals surface area (Å²) in [6.45, 7) is 1.68. The minimum absolute atomic E-state index is 0.0111. The predicted octanol–water partition coefficient (Wildman–Crippen LogP) is 2.47. The third-order valence-electron chi connectivity index (χ3n) is 5.11. The van der Waals surface area contributed by atoms with E-state index in [-0.39, 0.29) is 18.1 Å². The van der Waals surface area contributed by atoms with Gasteiger partial charge < -0.3 is 9.64 Å². The first kappa shape index (κ1) is 15.7. The summed E-state index contributed by atoms with van der Waals surface area (Å²) in [6, 6.07) is 9.21. The summed E-state index contributed by atoms with van der Waals surface area (Å²) < 4.78 is 7.79. The highest BCUT2D eigenvalue weighted by atomic mass is 35.5. The highest BCUT2D eigenvalue weighted by molar-refractivity contribution is 6.35. The van der Waals surface area contributed by atoms with Gasteiger partial charge in [-0.25, -0.2) is 9.67 Å². The molecule has 0 saturated carbocycles. The molecular weight excluding hydrogens is 354 g/mol. The molecule has 0 N–H and O–H groups in total. The largest absolute Gasteiger partial charge is 0.370 e. The van der Waals surface area contributed by atoms with Gasteiger partial charge in [-0.15, -0.1) is 5.10 Å². The molecule has 2 aliphatic heterocycles. The van der Waals surface area contributed by atoms with E-state index in [1.807, 2.05) is 27.8 Å². The normalized spacial score (nSPS) is 22.1. The molecule has 5 rings (SSSR count). The average molecular weight is 370 g/mol. The molecule has 0 aliphatic carbocycles. The van der Waals surface area contributed by atoms with Crippen LogP contribution in [0.4, 0.5) is 0 Å². The molecule has 132 valence electrons. The molecule has 1 saturated heterocycles. The Labute approximate surface area is 154 Å². The van der Waals surface area contributed by atoms with Crippen molar-refractivity contribution in [3.63, 3.8) is 0 Å². The van der Waals surface area contributed by atoms with Crippen LogP contribution in [0.5, 0.6) is 0 Å². The standard InChI is InChI=1S/C18H16ClN5O2/c19-13-3-1-2-11-4-5-14(21-17(11)13)18(25)23-7-6-16-15(9-23)24-12(10-26-16)8-20-22-24/h1-5,8,15-16H,6-7,9-10H2/t15-,16-/m0/s1. The number of benzene rings is 1. The molecule has 1 fully saturated rings. The van der Waals surface area contributed by atoms with E-state index in [2.05, 4.69) is 15.3 Å². The van der Waals surface area contributed by atoms with E-state index in [0.717, 1.165) is 17.5 Å². The van der Waals surface area contributed by atoms with Crippen LogP contribution in [0, 0.1) is 0 Å². The number of aromatic nitrogens is 4. The Hall–Kier alpha value is -2.51. The Bertz CT molecular complexity index is 1000. The molecule has 0 radical (unpaired) electrons.